The second-order valence-electron chi connectivity index (χ2n) is 9.74. The first-order chi connectivity index (χ1) is 15.2. The number of thiophene rings is 1. The van der Waals surface area contributed by atoms with Gasteiger partial charge in [-0.3, -0.25) is 9.59 Å². The first-order valence-electron chi connectivity index (χ1n) is 11.7. The highest BCUT2D eigenvalue weighted by molar-refractivity contribution is 9.10. The topological polar surface area (TPSA) is 49.4 Å². The number of rotatable bonds is 7. The molecule has 0 fully saturated rings. The highest BCUT2D eigenvalue weighted by Crippen LogP contribution is 2.44. The molecule has 2 amide bonds. The molecule has 0 spiro atoms. The Morgan fingerprint density at radius 3 is 2.41 bits per heavy atom. The van der Waals surface area contributed by atoms with Gasteiger partial charge in [-0.25, -0.2) is 0 Å². The first kappa shape index (κ1) is 25.0. The van der Waals surface area contributed by atoms with E-state index in [0.717, 1.165) is 60.8 Å². The summed E-state index contributed by atoms with van der Waals surface area (Å²) < 4.78 is 0.748. The van der Waals surface area contributed by atoms with E-state index in [2.05, 4.69) is 55.9 Å². The summed E-state index contributed by atoms with van der Waals surface area (Å²) in [5, 5.41) is 3.80. The van der Waals surface area contributed by atoms with Crippen molar-refractivity contribution in [1.82, 2.24) is 4.90 Å². The Morgan fingerprint density at radius 1 is 1.16 bits per heavy atom. The largest absolute Gasteiger partial charge is 0.339 e. The Balaban J connectivity index is 2.01. The number of hydrogen-bond acceptors (Lipinski definition) is 3. The van der Waals surface area contributed by atoms with Gasteiger partial charge in [0.1, 0.15) is 5.00 Å². The maximum absolute atomic E-state index is 13.7. The number of amides is 2. The Kier molecular flexibility index (Phi) is 8.21. The van der Waals surface area contributed by atoms with Crippen LogP contribution in [0.15, 0.2) is 28.7 Å². The molecule has 0 saturated heterocycles. The molecule has 0 aliphatic heterocycles. The summed E-state index contributed by atoms with van der Waals surface area (Å²) in [6.45, 7) is 12.6. The minimum Gasteiger partial charge on any atom is -0.339 e. The third-order valence-electron chi connectivity index (χ3n) is 6.32. The molecule has 1 N–H and O–H groups in total. The van der Waals surface area contributed by atoms with Gasteiger partial charge in [-0.2, -0.15) is 0 Å². The monoisotopic (exact) mass is 518 g/mol. The number of anilines is 1. The van der Waals surface area contributed by atoms with Crippen LogP contribution in [0.2, 0.25) is 0 Å². The average Bonchev–Trinajstić information content (AvgIpc) is 3.09. The van der Waals surface area contributed by atoms with Gasteiger partial charge < -0.3 is 10.2 Å². The second kappa shape index (κ2) is 10.5. The molecule has 174 valence electrons. The van der Waals surface area contributed by atoms with Crippen LogP contribution in [0.3, 0.4) is 0 Å². The zero-order chi connectivity index (χ0) is 23.5. The maximum atomic E-state index is 13.7. The fourth-order valence-corrected chi connectivity index (χ4v) is 6.25. The number of halogens is 1. The number of nitrogens with one attached hydrogen (secondary N) is 1. The summed E-state index contributed by atoms with van der Waals surface area (Å²) in [5.74, 6) is 0.448. The van der Waals surface area contributed by atoms with Gasteiger partial charge in [0.05, 0.1) is 11.1 Å². The van der Waals surface area contributed by atoms with Crippen molar-refractivity contribution in [3.05, 3.63) is 50.3 Å². The van der Waals surface area contributed by atoms with E-state index in [1.165, 1.54) is 4.88 Å². The van der Waals surface area contributed by atoms with Gasteiger partial charge in [0.2, 0.25) is 0 Å². The lowest BCUT2D eigenvalue weighted by molar-refractivity contribution is 0.0755. The van der Waals surface area contributed by atoms with E-state index in [0.29, 0.717) is 16.5 Å². The summed E-state index contributed by atoms with van der Waals surface area (Å²) in [5.41, 5.74) is 2.67. The van der Waals surface area contributed by atoms with Crippen molar-refractivity contribution >= 4 is 44.1 Å². The molecule has 0 saturated carbocycles. The number of carbonyl (C=O) groups excluding carboxylic acids is 2. The van der Waals surface area contributed by atoms with Crippen LogP contribution in [0.4, 0.5) is 5.00 Å². The summed E-state index contributed by atoms with van der Waals surface area (Å²) in [6, 6.07) is 7.39. The van der Waals surface area contributed by atoms with Crippen molar-refractivity contribution in [2.45, 2.75) is 66.7 Å². The van der Waals surface area contributed by atoms with E-state index in [-0.39, 0.29) is 17.2 Å². The molecule has 1 heterocycles. The van der Waals surface area contributed by atoms with Gasteiger partial charge >= 0.3 is 0 Å². The van der Waals surface area contributed by atoms with E-state index < -0.39 is 0 Å². The van der Waals surface area contributed by atoms with Crippen LogP contribution in [-0.2, 0) is 12.8 Å². The van der Waals surface area contributed by atoms with Crippen LogP contribution >= 0.6 is 27.3 Å². The number of nitrogens with zero attached hydrogens (tertiary/aromatic N) is 1. The highest BCUT2D eigenvalue weighted by atomic mass is 79.9. The number of benzene rings is 1. The highest BCUT2D eigenvalue weighted by Gasteiger charge is 2.35. The van der Waals surface area contributed by atoms with Gasteiger partial charge in [-0.1, -0.05) is 46.8 Å². The first-order valence-corrected chi connectivity index (χ1v) is 13.3. The predicted molar refractivity (Wildman–Crippen MR) is 138 cm³/mol. The molecule has 1 unspecified atom stereocenters. The van der Waals surface area contributed by atoms with Crippen LogP contribution in [0.5, 0.6) is 0 Å². The SMILES string of the molecule is CCCN(CCC)C(=O)c1c(NC(=O)c2ccccc2Br)sc2c1CCC(C(C)(C)C)C2. The molecule has 1 aliphatic rings. The minimum atomic E-state index is -0.185. The molecule has 1 aromatic heterocycles. The molecule has 6 heteroatoms. The van der Waals surface area contributed by atoms with Crippen LogP contribution in [0.25, 0.3) is 0 Å². The summed E-state index contributed by atoms with van der Waals surface area (Å²) in [6.07, 6.45) is 4.78. The van der Waals surface area contributed by atoms with Crippen molar-refractivity contribution in [3.8, 4) is 0 Å². The Morgan fingerprint density at radius 2 is 1.81 bits per heavy atom. The molecule has 32 heavy (non-hydrogen) atoms. The molecule has 3 rings (SSSR count). The normalized spacial score (nSPS) is 15.9. The molecule has 1 atom stereocenters. The molecule has 0 radical (unpaired) electrons. The van der Waals surface area contributed by atoms with Crippen molar-refractivity contribution in [3.63, 3.8) is 0 Å². The van der Waals surface area contributed by atoms with Gasteiger partial charge in [-0.05, 0) is 77.1 Å². The molecular weight excluding hydrogens is 484 g/mol. The van der Waals surface area contributed by atoms with Crippen LogP contribution in [0.1, 0.15) is 85.0 Å². The molecule has 4 nitrogen and oxygen atoms in total. The Hall–Kier alpha value is -1.66. The van der Waals surface area contributed by atoms with Crippen LogP contribution < -0.4 is 5.32 Å². The van der Waals surface area contributed by atoms with Crippen LogP contribution in [0, 0.1) is 11.3 Å². The van der Waals surface area contributed by atoms with Gasteiger partial charge in [-0.15, -0.1) is 11.3 Å². The van der Waals surface area contributed by atoms with E-state index in [4.69, 9.17) is 0 Å². The lowest BCUT2D eigenvalue weighted by Crippen LogP contribution is -2.34. The predicted octanol–water partition coefficient (Wildman–Crippen LogP) is 7.18. The number of fused-ring (bicyclic) bond motifs is 1. The lowest BCUT2D eigenvalue weighted by atomic mass is 9.72. The fraction of sp³-hybridized carbons (Fsp3) is 0.538. The standard InChI is InChI=1S/C26H35BrN2O2S/c1-6-14-29(15-7-2)25(31)22-19-13-12-17(26(3,4)5)16-21(19)32-24(22)28-23(30)18-10-8-9-11-20(18)27/h8-11,17H,6-7,12-16H2,1-5H3,(H,28,30). The third-order valence-corrected chi connectivity index (χ3v) is 8.18. The molecule has 1 aromatic carbocycles. The van der Waals surface area contributed by atoms with Crippen molar-refractivity contribution in [2.75, 3.05) is 18.4 Å². The molecule has 0 bridgehead atoms. The average molecular weight is 520 g/mol. The zero-order valence-electron chi connectivity index (χ0n) is 19.9. The third kappa shape index (κ3) is 5.45. The number of hydrogen-bond donors (Lipinski definition) is 1. The van der Waals surface area contributed by atoms with Crippen molar-refractivity contribution in [1.29, 1.82) is 0 Å². The molecule has 2 aromatic rings. The van der Waals surface area contributed by atoms with E-state index in [1.54, 1.807) is 17.4 Å². The van der Waals surface area contributed by atoms with E-state index >= 15 is 0 Å². The number of carbonyl (C=O) groups is 2. The fourth-order valence-electron chi connectivity index (χ4n) is 4.47. The van der Waals surface area contributed by atoms with E-state index in [1.807, 2.05) is 23.1 Å². The van der Waals surface area contributed by atoms with Crippen molar-refractivity contribution in [2.24, 2.45) is 11.3 Å². The second-order valence-corrected chi connectivity index (χ2v) is 11.7. The van der Waals surface area contributed by atoms with Crippen LogP contribution in [-0.4, -0.2) is 29.8 Å². The van der Waals surface area contributed by atoms with Gasteiger partial charge in [0, 0.05) is 22.4 Å². The Labute approximate surface area is 204 Å². The molecule has 1 aliphatic carbocycles. The quantitative estimate of drug-likeness (QED) is 0.421. The zero-order valence-corrected chi connectivity index (χ0v) is 22.3. The molecular formula is C26H35BrN2O2S. The summed E-state index contributed by atoms with van der Waals surface area (Å²) in [7, 11) is 0. The van der Waals surface area contributed by atoms with Gasteiger partial charge in [0.25, 0.3) is 11.8 Å². The summed E-state index contributed by atoms with van der Waals surface area (Å²) >= 11 is 5.07. The van der Waals surface area contributed by atoms with Gasteiger partial charge in [0.15, 0.2) is 0 Å². The minimum absolute atomic E-state index is 0.0582. The lowest BCUT2D eigenvalue weighted by Gasteiger charge is -2.34. The maximum Gasteiger partial charge on any atom is 0.257 e. The smallest absolute Gasteiger partial charge is 0.257 e. The van der Waals surface area contributed by atoms with E-state index in [9.17, 15) is 9.59 Å². The Bertz CT molecular complexity index is 971. The van der Waals surface area contributed by atoms with Crippen molar-refractivity contribution < 1.29 is 9.59 Å². The summed E-state index contributed by atoms with van der Waals surface area (Å²) in [4.78, 5) is 30.0.